The molecule has 0 unspecified atom stereocenters. The zero-order chi connectivity index (χ0) is 20.1. The van der Waals surface area contributed by atoms with Crippen molar-refractivity contribution in [2.45, 2.75) is 6.54 Å². The SMILES string of the molecule is COc1ccc2c(Oc3cccc(C(=O)NCc4ccccc4)c3)ccnc2c1. The van der Waals surface area contributed by atoms with Crippen LogP contribution in [0.5, 0.6) is 17.2 Å². The number of carbonyl (C=O) groups excluding carboxylic acids is 1. The summed E-state index contributed by atoms with van der Waals surface area (Å²) in [5.74, 6) is 1.84. The molecule has 5 nitrogen and oxygen atoms in total. The zero-order valence-electron chi connectivity index (χ0n) is 16.0. The lowest BCUT2D eigenvalue weighted by molar-refractivity contribution is 0.0950. The molecule has 0 radical (unpaired) electrons. The van der Waals surface area contributed by atoms with E-state index in [0.29, 0.717) is 23.6 Å². The van der Waals surface area contributed by atoms with Crippen molar-refractivity contribution in [3.63, 3.8) is 0 Å². The van der Waals surface area contributed by atoms with Gasteiger partial charge in [0.2, 0.25) is 0 Å². The Hall–Kier alpha value is -3.86. The van der Waals surface area contributed by atoms with E-state index < -0.39 is 0 Å². The molecular weight excluding hydrogens is 364 g/mol. The van der Waals surface area contributed by atoms with Crippen LogP contribution in [0.1, 0.15) is 15.9 Å². The molecule has 0 saturated heterocycles. The third-order valence-corrected chi connectivity index (χ3v) is 4.53. The van der Waals surface area contributed by atoms with Gasteiger partial charge in [-0.1, -0.05) is 36.4 Å². The number of pyridine rings is 1. The molecule has 0 aliphatic rings. The molecule has 4 aromatic rings. The van der Waals surface area contributed by atoms with Gasteiger partial charge in [-0.2, -0.15) is 0 Å². The molecule has 29 heavy (non-hydrogen) atoms. The number of nitrogens with one attached hydrogen (secondary N) is 1. The van der Waals surface area contributed by atoms with Crippen molar-refractivity contribution < 1.29 is 14.3 Å². The maximum atomic E-state index is 12.5. The highest BCUT2D eigenvalue weighted by Crippen LogP contribution is 2.31. The Morgan fingerprint density at radius 3 is 2.62 bits per heavy atom. The number of methoxy groups -OCH3 is 1. The van der Waals surface area contributed by atoms with E-state index in [4.69, 9.17) is 9.47 Å². The molecule has 5 heteroatoms. The number of rotatable bonds is 6. The number of hydrogen-bond donors (Lipinski definition) is 1. The van der Waals surface area contributed by atoms with Crippen LogP contribution in [0.3, 0.4) is 0 Å². The number of aromatic nitrogens is 1. The van der Waals surface area contributed by atoms with E-state index in [1.165, 1.54) is 0 Å². The van der Waals surface area contributed by atoms with E-state index in [0.717, 1.165) is 22.2 Å². The first-order valence-electron chi connectivity index (χ1n) is 9.26. The van der Waals surface area contributed by atoms with Gasteiger partial charge in [-0.05, 0) is 42.0 Å². The molecule has 0 fully saturated rings. The quantitative estimate of drug-likeness (QED) is 0.510. The number of benzene rings is 3. The second-order valence-corrected chi connectivity index (χ2v) is 6.49. The average Bonchev–Trinajstić information content (AvgIpc) is 2.78. The fourth-order valence-electron chi connectivity index (χ4n) is 3.03. The molecule has 0 aliphatic carbocycles. The van der Waals surface area contributed by atoms with Gasteiger partial charge in [0.25, 0.3) is 5.91 Å². The minimum Gasteiger partial charge on any atom is -0.497 e. The predicted octanol–water partition coefficient (Wildman–Crippen LogP) is 4.97. The van der Waals surface area contributed by atoms with E-state index in [1.54, 1.807) is 37.6 Å². The number of fused-ring (bicyclic) bond motifs is 1. The fraction of sp³-hybridized carbons (Fsp3) is 0.0833. The Kier molecular flexibility index (Phi) is 5.38. The summed E-state index contributed by atoms with van der Waals surface area (Å²) in [5, 5.41) is 3.80. The molecule has 0 saturated carbocycles. The summed E-state index contributed by atoms with van der Waals surface area (Å²) in [5.41, 5.74) is 2.36. The molecule has 1 N–H and O–H groups in total. The highest BCUT2D eigenvalue weighted by Gasteiger charge is 2.09. The van der Waals surface area contributed by atoms with Crippen molar-refractivity contribution in [2.75, 3.05) is 7.11 Å². The van der Waals surface area contributed by atoms with Crippen LogP contribution in [-0.2, 0) is 6.54 Å². The van der Waals surface area contributed by atoms with Gasteiger partial charge in [-0.25, -0.2) is 0 Å². The monoisotopic (exact) mass is 384 g/mol. The molecule has 1 aromatic heterocycles. The maximum absolute atomic E-state index is 12.5. The second-order valence-electron chi connectivity index (χ2n) is 6.49. The third-order valence-electron chi connectivity index (χ3n) is 4.53. The predicted molar refractivity (Wildman–Crippen MR) is 112 cm³/mol. The number of hydrogen-bond acceptors (Lipinski definition) is 4. The Morgan fingerprint density at radius 2 is 1.79 bits per heavy atom. The van der Waals surface area contributed by atoms with E-state index in [-0.39, 0.29) is 5.91 Å². The van der Waals surface area contributed by atoms with Crippen LogP contribution in [0.15, 0.2) is 85.1 Å². The van der Waals surface area contributed by atoms with Crippen molar-refractivity contribution in [1.82, 2.24) is 10.3 Å². The van der Waals surface area contributed by atoms with Crippen molar-refractivity contribution in [3.8, 4) is 17.2 Å². The summed E-state index contributed by atoms with van der Waals surface area (Å²) in [7, 11) is 1.62. The fourth-order valence-corrected chi connectivity index (χ4v) is 3.03. The molecule has 1 amide bonds. The molecule has 1 heterocycles. The lowest BCUT2D eigenvalue weighted by atomic mass is 10.1. The van der Waals surface area contributed by atoms with Gasteiger partial charge in [0.1, 0.15) is 17.2 Å². The van der Waals surface area contributed by atoms with E-state index >= 15 is 0 Å². The third kappa shape index (κ3) is 4.35. The van der Waals surface area contributed by atoms with E-state index in [2.05, 4.69) is 10.3 Å². The summed E-state index contributed by atoms with van der Waals surface area (Å²) in [4.78, 5) is 16.9. The molecule has 0 aliphatic heterocycles. The van der Waals surface area contributed by atoms with Crippen LogP contribution < -0.4 is 14.8 Å². The van der Waals surface area contributed by atoms with Crippen LogP contribution in [0, 0.1) is 0 Å². The van der Waals surface area contributed by atoms with E-state index in [1.807, 2.05) is 54.6 Å². The number of amides is 1. The number of nitrogens with zero attached hydrogens (tertiary/aromatic N) is 1. The van der Waals surface area contributed by atoms with Crippen LogP contribution in [0.2, 0.25) is 0 Å². The van der Waals surface area contributed by atoms with Gasteiger partial charge in [0.15, 0.2) is 0 Å². The smallest absolute Gasteiger partial charge is 0.251 e. The van der Waals surface area contributed by atoms with Crippen molar-refractivity contribution >= 4 is 16.8 Å². The minimum atomic E-state index is -0.149. The molecule has 0 bridgehead atoms. The standard InChI is InChI=1S/C24H20N2O3/c1-28-19-10-11-21-22(15-19)25-13-12-23(21)29-20-9-5-8-18(14-20)24(27)26-16-17-6-3-2-4-7-17/h2-15H,16H2,1H3,(H,26,27). The summed E-state index contributed by atoms with van der Waals surface area (Å²) >= 11 is 0. The topological polar surface area (TPSA) is 60.5 Å². The Morgan fingerprint density at radius 1 is 0.931 bits per heavy atom. The van der Waals surface area contributed by atoms with Crippen LogP contribution >= 0.6 is 0 Å². The lowest BCUT2D eigenvalue weighted by Crippen LogP contribution is -2.22. The van der Waals surface area contributed by atoms with Crippen LogP contribution in [0.4, 0.5) is 0 Å². The Bertz CT molecular complexity index is 1140. The van der Waals surface area contributed by atoms with Crippen molar-refractivity contribution in [3.05, 3.63) is 96.2 Å². The zero-order valence-corrected chi connectivity index (χ0v) is 16.0. The van der Waals surface area contributed by atoms with Gasteiger partial charge in [-0.15, -0.1) is 0 Å². The van der Waals surface area contributed by atoms with Crippen LogP contribution in [0.25, 0.3) is 10.9 Å². The number of carbonyl (C=O) groups is 1. The molecule has 0 spiro atoms. The van der Waals surface area contributed by atoms with Gasteiger partial charge < -0.3 is 14.8 Å². The lowest BCUT2D eigenvalue weighted by Gasteiger charge is -2.11. The largest absolute Gasteiger partial charge is 0.497 e. The normalized spacial score (nSPS) is 10.5. The van der Waals surface area contributed by atoms with Gasteiger partial charge in [0.05, 0.1) is 12.6 Å². The van der Waals surface area contributed by atoms with Crippen molar-refractivity contribution in [2.24, 2.45) is 0 Å². The molecule has 4 rings (SSSR count). The molecule has 144 valence electrons. The van der Waals surface area contributed by atoms with Crippen molar-refractivity contribution in [1.29, 1.82) is 0 Å². The first-order chi connectivity index (χ1) is 14.2. The van der Waals surface area contributed by atoms with E-state index in [9.17, 15) is 4.79 Å². The van der Waals surface area contributed by atoms with Gasteiger partial charge >= 0.3 is 0 Å². The Labute approximate surface area is 168 Å². The highest BCUT2D eigenvalue weighted by atomic mass is 16.5. The first-order valence-corrected chi connectivity index (χ1v) is 9.26. The first kappa shape index (κ1) is 18.5. The minimum absolute atomic E-state index is 0.149. The Balaban J connectivity index is 1.52. The molecule has 0 atom stereocenters. The number of ether oxygens (including phenoxy) is 2. The molecular formula is C24H20N2O3. The summed E-state index contributed by atoms with van der Waals surface area (Å²) in [6.45, 7) is 0.474. The van der Waals surface area contributed by atoms with Gasteiger partial charge in [0, 0.05) is 29.8 Å². The maximum Gasteiger partial charge on any atom is 0.251 e. The summed E-state index contributed by atoms with van der Waals surface area (Å²) < 4.78 is 11.3. The summed E-state index contributed by atoms with van der Waals surface area (Å²) in [6.07, 6.45) is 1.69. The van der Waals surface area contributed by atoms with Gasteiger partial charge in [-0.3, -0.25) is 9.78 Å². The highest BCUT2D eigenvalue weighted by molar-refractivity contribution is 5.94. The average molecular weight is 384 g/mol. The van der Waals surface area contributed by atoms with Crippen LogP contribution in [-0.4, -0.2) is 18.0 Å². The molecule has 3 aromatic carbocycles. The second kappa shape index (κ2) is 8.44. The summed E-state index contributed by atoms with van der Waals surface area (Å²) in [6, 6.07) is 24.4.